The molecule has 0 N–H and O–H groups in total. The molecule has 35 heavy (non-hydrogen) atoms. The Kier molecular flexibility index (Phi) is 5.63. The number of fused-ring (bicyclic) bond motifs is 3. The van der Waals surface area contributed by atoms with Crippen molar-refractivity contribution in [1.29, 1.82) is 0 Å². The minimum atomic E-state index is -0.0816. The van der Waals surface area contributed by atoms with Gasteiger partial charge in [0.15, 0.2) is 0 Å². The van der Waals surface area contributed by atoms with Crippen LogP contribution in [0.3, 0.4) is 0 Å². The summed E-state index contributed by atoms with van der Waals surface area (Å²) < 4.78 is 0. The molecular weight excluding hydrogens is 422 g/mol. The molecule has 0 radical (unpaired) electrons. The van der Waals surface area contributed by atoms with Crippen LogP contribution >= 0.6 is 0 Å². The summed E-state index contributed by atoms with van der Waals surface area (Å²) in [6.45, 7) is 16.3. The van der Waals surface area contributed by atoms with Gasteiger partial charge < -0.3 is 4.90 Å². The maximum absolute atomic E-state index is 2.54. The molecule has 1 nitrogen and oxygen atoms in total. The van der Waals surface area contributed by atoms with Crippen molar-refractivity contribution in [2.45, 2.75) is 65.3 Å². The van der Waals surface area contributed by atoms with Gasteiger partial charge in [-0.15, -0.1) is 0 Å². The van der Waals surface area contributed by atoms with Crippen LogP contribution in [0, 0.1) is 0 Å². The summed E-state index contributed by atoms with van der Waals surface area (Å²) in [6.07, 6.45) is 0. The van der Waals surface area contributed by atoms with Crippen LogP contribution < -0.4 is 4.90 Å². The van der Waals surface area contributed by atoms with Crippen LogP contribution in [0.5, 0.6) is 0 Å². The van der Waals surface area contributed by atoms with Gasteiger partial charge in [-0.1, -0.05) is 94.4 Å². The molecule has 0 aliphatic heterocycles. The van der Waals surface area contributed by atoms with Gasteiger partial charge in [-0.05, 0) is 89.9 Å². The van der Waals surface area contributed by atoms with Crippen LogP contribution in [-0.2, 0) is 5.41 Å². The number of rotatable bonds is 4. The molecule has 1 aliphatic rings. The normalized spacial score (nSPS) is 14.1. The highest BCUT2D eigenvalue weighted by molar-refractivity contribution is 5.85. The van der Waals surface area contributed by atoms with Crippen molar-refractivity contribution in [2.75, 3.05) is 4.90 Å². The van der Waals surface area contributed by atoms with Gasteiger partial charge >= 0.3 is 0 Å². The minimum absolute atomic E-state index is 0.0170. The van der Waals surface area contributed by atoms with Crippen molar-refractivity contribution in [3.63, 3.8) is 0 Å². The number of benzene rings is 4. The van der Waals surface area contributed by atoms with Crippen LogP contribution in [0.2, 0.25) is 0 Å². The molecule has 0 atom stereocenters. The van der Waals surface area contributed by atoms with E-state index in [0.29, 0.717) is 5.92 Å². The van der Waals surface area contributed by atoms with E-state index in [0.717, 1.165) is 0 Å². The summed E-state index contributed by atoms with van der Waals surface area (Å²) in [7, 11) is 0. The lowest BCUT2D eigenvalue weighted by Crippen LogP contribution is -2.38. The monoisotopic (exact) mass is 459 g/mol. The van der Waals surface area contributed by atoms with Gasteiger partial charge in [-0.3, -0.25) is 0 Å². The second-order valence-corrected chi connectivity index (χ2v) is 11.7. The Bertz CT molecular complexity index is 1350. The van der Waals surface area contributed by atoms with Crippen molar-refractivity contribution in [3.05, 3.63) is 108 Å². The Morgan fingerprint density at radius 2 is 1.26 bits per heavy atom. The summed E-state index contributed by atoms with van der Waals surface area (Å²) in [5, 5.41) is 0. The molecule has 4 aromatic carbocycles. The zero-order valence-corrected chi connectivity index (χ0v) is 22.2. The first-order valence-electron chi connectivity index (χ1n) is 12.8. The summed E-state index contributed by atoms with van der Waals surface area (Å²) >= 11 is 0. The summed E-state index contributed by atoms with van der Waals surface area (Å²) in [6, 6.07) is 33.6. The predicted octanol–water partition coefficient (Wildman–Crippen LogP) is 9.72. The molecule has 0 unspecified atom stereocenters. The van der Waals surface area contributed by atoms with Gasteiger partial charge in [-0.25, -0.2) is 0 Å². The highest BCUT2D eigenvalue weighted by Gasteiger charge is 2.37. The van der Waals surface area contributed by atoms with E-state index in [1.807, 2.05) is 0 Å². The van der Waals surface area contributed by atoms with E-state index in [1.54, 1.807) is 0 Å². The predicted molar refractivity (Wildman–Crippen MR) is 152 cm³/mol. The molecule has 0 spiro atoms. The van der Waals surface area contributed by atoms with Crippen molar-refractivity contribution in [1.82, 2.24) is 0 Å². The lowest BCUT2D eigenvalue weighted by molar-refractivity contribution is 0.556. The van der Waals surface area contributed by atoms with Gasteiger partial charge in [0.1, 0.15) is 0 Å². The third-order valence-corrected chi connectivity index (χ3v) is 7.50. The van der Waals surface area contributed by atoms with Crippen LogP contribution in [0.15, 0.2) is 91.0 Å². The smallest absolute Gasteiger partial charge is 0.0454 e. The first-order valence-corrected chi connectivity index (χ1v) is 12.8. The Balaban J connectivity index is 1.68. The van der Waals surface area contributed by atoms with Crippen molar-refractivity contribution >= 4 is 11.4 Å². The summed E-state index contributed by atoms with van der Waals surface area (Å²) in [5.41, 5.74) is 12.0. The molecule has 0 bridgehead atoms. The molecule has 5 rings (SSSR count). The fraction of sp³-hybridized carbons (Fsp3) is 0.294. The zero-order chi connectivity index (χ0) is 25.0. The van der Waals surface area contributed by atoms with Crippen molar-refractivity contribution in [2.24, 2.45) is 0 Å². The van der Waals surface area contributed by atoms with E-state index >= 15 is 0 Å². The Labute approximate surface area is 211 Å². The standard InChI is InChI=1S/C34H37N/c1-23(2)28-21-29-27-15-11-12-16-30(27)34(6,7)31(29)22-32(28)35(33(3,4)5)26-19-17-25(18-20-26)24-13-9-8-10-14-24/h8-23H,1-7H3. The number of anilines is 2. The topological polar surface area (TPSA) is 3.24 Å². The van der Waals surface area contributed by atoms with Crippen LogP contribution in [0.4, 0.5) is 11.4 Å². The van der Waals surface area contributed by atoms with E-state index in [4.69, 9.17) is 0 Å². The molecular formula is C34H37N. The minimum Gasteiger partial charge on any atom is -0.336 e. The van der Waals surface area contributed by atoms with Gasteiger partial charge in [0.25, 0.3) is 0 Å². The molecule has 0 saturated carbocycles. The van der Waals surface area contributed by atoms with Crippen LogP contribution in [0.1, 0.15) is 71.1 Å². The zero-order valence-electron chi connectivity index (χ0n) is 22.2. The number of hydrogen-bond acceptors (Lipinski definition) is 1. The molecule has 1 heteroatoms. The first-order chi connectivity index (χ1) is 16.6. The SMILES string of the molecule is CC(C)c1cc2c(cc1N(c1ccc(-c3ccccc3)cc1)C(C)(C)C)C(C)(C)c1ccccc1-2. The number of nitrogens with zero attached hydrogens (tertiary/aromatic N) is 1. The molecule has 1 aliphatic carbocycles. The average molecular weight is 460 g/mol. The number of hydrogen-bond donors (Lipinski definition) is 0. The Morgan fingerprint density at radius 3 is 1.89 bits per heavy atom. The third kappa shape index (κ3) is 3.97. The molecule has 0 saturated heterocycles. The summed E-state index contributed by atoms with van der Waals surface area (Å²) in [4.78, 5) is 2.54. The quantitative estimate of drug-likeness (QED) is 0.293. The third-order valence-electron chi connectivity index (χ3n) is 7.50. The van der Waals surface area contributed by atoms with Crippen LogP contribution in [-0.4, -0.2) is 5.54 Å². The molecule has 0 heterocycles. The van der Waals surface area contributed by atoms with Gasteiger partial charge in [-0.2, -0.15) is 0 Å². The van der Waals surface area contributed by atoms with E-state index in [2.05, 4.69) is 144 Å². The second kappa shape index (κ2) is 8.41. The van der Waals surface area contributed by atoms with Crippen molar-refractivity contribution in [3.8, 4) is 22.3 Å². The highest BCUT2D eigenvalue weighted by atomic mass is 15.2. The lowest BCUT2D eigenvalue weighted by atomic mass is 9.81. The van der Waals surface area contributed by atoms with Gasteiger partial charge in [0, 0.05) is 22.3 Å². The van der Waals surface area contributed by atoms with E-state index in [9.17, 15) is 0 Å². The molecule has 0 fully saturated rings. The lowest BCUT2D eigenvalue weighted by Gasteiger charge is -2.40. The maximum Gasteiger partial charge on any atom is 0.0454 e. The summed E-state index contributed by atoms with van der Waals surface area (Å²) in [5.74, 6) is 0.416. The van der Waals surface area contributed by atoms with E-state index in [-0.39, 0.29) is 11.0 Å². The second-order valence-electron chi connectivity index (χ2n) is 11.7. The van der Waals surface area contributed by atoms with E-state index < -0.39 is 0 Å². The van der Waals surface area contributed by atoms with E-state index in [1.165, 1.54) is 50.3 Å². The molecule has 4 aromatic rings. The van der Waals surface area contributed by atoms with Crippen molar-refractivity contribution < 1.29 is 0 Å². The molecule has 0 aromatic heterocycles. The highest BCUT2D eigenvalue weighted by Crippen LogP contribution is 2.52. The largest absolute Gasteiger partial charge is 0.336 e. The average Bonchev–Trinajstić information content (AvgIpc) is 3.05. The molecule has 0 amide bonds. The maximum atomic E-state index is 2.54. The fourth-order valence-electron chi connectivity index (χ4n) is 5.73. The van der Waals surface area contributed by atoms with Crippen LogP contribution in [0.25, 0.3) is 22.3 Å². The molecule has 178 valence electrons. The Morgan fingerprint density at radius 1 is 0.657 bits per heavy atom. The van der Waals surface area contributed by atoms with Gasteiger partial charge in [0.05, 0.1) is 0 Å². The Hall–Kier alpha value is -3.32. The first kappa shape index (κ1) is 23.4. The van der Waals surface area contributed by atoms with Gasteiger partial charge in [0.2, 0.25) is 0 Å². The fourth-order valence-corrected chi connectivity index (χ4v) is 5.73.